The summed E-state index contributed by atoms with van der Waals surface area (Å²) in [5.41, 5.74) is 5.44. The van der Waals surface area contributed by atoms with Gasteiger partial charge in [-0.25, -0.2) is 8.42 Å². The van der Waals surface area contributed by atoms with Crippen molar-refractivity contribution in [1.82, 2.24) is 0 Å². The molecule has 2 N–H and O–H groups in total. The highest BCUT2D eigenvalue weighted by atomic mass is 32.2. The monoisotopic (exact) mass is 207 g/mol. The molecule has 1 aliphatic heterocycles. The van der Waals surface area contributed by atoms with Crippen LogP contribution < -0.4 is 5.73 Å². The zero-order valence-corrected chi connectivity index (χ0v) is 8.72. The van der Waals surface area contributed by atoms with Gasteiger partial charge in [0.2, 0.25) is 0 Å². The van der Waals surface area contributed by atoms with Gasteiger partial charge in [0.05, 0.1) is 18.1 Å². The molecule has 2 unspecified atom stereocenters. The van der Waals surface area contributed by atoms with E-state index >= 15 is 0 Å². The predicted octanol–water partition coefficient (Wildman–Crippen LogP) is -0.215. The number of sulfone groups is 1. The smallest absolute Gasteiger partial charge is 0.152 e. The zero-order chi connectivity index (χ0) is 9.90. The minimum Gasteiger partial charge on any atom is -0.381 e. The van der Waals surface area contributed by atoms with Crippen LogP contribution in [0, 0.1) is 5.92 Å². The van der Waals surface area contributed by atoms with E-state index in [2.05, 4.69) is 0 Å². The number of rotatable bonds is 4. The van der Waals surface area contributed by atoms with Crippen molar-refractivity contribution in [2.45, 2.75) is 19.4 Å². The maximum Gasteiger partial charge on any atom is 0.152 e. The first kappa shape index (κ1) is 10.9. The lowest BCUT2D eigenvalue weighted by Gasteiger charge is -2.10. The zero-order valence-electron chi connectivity index (χ0n) is 7.90. The molecule has 0 aliphatic carbocycles. The third-order valence-corrected chi connectivity index (χ3v) is 4.04. The van der Waals surface area contributed by atoms with Crippen LogP contribution in [-0.2, 0) is 14.6 Å². The Morgan fingerprint density at radius 3 is 2.77 bits per heavy atom. The SMILES string of the molecule is CC(N)CS(=O)(=O)CC1CCOC1. The minimum absolute atomic E-state index is 0.0868. The standard InChI is InChI=1S/C8H17NO3S/c1-7(9)5-13(10,11)6-8-2-3-12-4-8/h7-8H,2-6,9H2,1H3. The first-order valence-corrected chi connectivity index (χ1v) is 6.35. The molecular weight excluding hydrogens is 190 g/mol. The highest BCUT2D eigenvalue weighted by molar-refractivity contribution is 7.91. The molecule has 0 aromatic carbocycles. The summed E-state index contributed by atoms with van der Waals surface area (Å²) in [6.07, 6.45) is 0.859. The van der Waals surface area contributed by atoms with Crippen LogP contribution in [0.1, 0.15) is 13.3 Å². The Balaban J connectivity index is 2.41. The summed E-state index contributed by atoms with van der Waals surface area (Å²) in [5, 5.41) is 0. The van der Waals surface area contributed by atoms with Gasteiger partial charge in [-0.1, -0.05) is 0 Å². The molecule has 0 aromatic heterocycles. The topological polar surface area (TPSA) is 69.4 Å². The van der Waals surface area contributed by atoms with Crippen molar-refractivity contribution >= 4 is 9.84 Å². The fraction of sp³-hybridized carbons (Fsp3) is 1.00. The van der Waals surface area contributed by atoms with Crippen LogP contribution in [0.5, 0.6) is 0 Å². The summed E-state index contributed by atoms with van der Waals surface area (Å²) < 4.78 is 28.0. The van der Waals surface area contributed by atoms with Gasteiger partial charge in [-0.05, 0) is 19.3 Å². The van der Waals surface area contributed by atoms with Gasteiger partial charge in [-0.3, -0.25) is 0 Å². The van der Waals surface area contributed by atoms with Gasteiger partial charge in [-0.15, -0.1) is 0 Å². The summed E-state index contributed by atoms with van der Waals surface area (Å²) in [7, 11) is -2.97. The lowest BCUT2D eigenvalue weighted by Crippen LogP contribution is -2.30. The van der Waals surface area contributed by atoms with Crippen LogP contribution in [0.15, 0.2) is 0 Å². The van der Waals surface area contributed by atoms with Crippen molar-refractivity contribution < 1.29 is 13.2 Å². The highest BCUT2D eigenvalue weighted by Gasteiger charge is 2.23. The molecule has 13 heavy (non-hydrogen) atoms. The van der Waals surface area contributed by atoms with E-state index in [4.69, 9.17) is 10.5 Å². The second-order valence-corrected chi connectivity index (χ2v) is 5.94. The molecule has 0 spiro atoms. The molecule has 1 saturated heterocycles. The van der Waals surface area contributed by atoms with E-state index in [0.29, 0.717) is 13.2 Å². The maximum atomic E-state index is 11.5. The van der Waals surface area contributed by atoms with Gasteiger partial charge < -0.3 is 10.5 Å². The molecule has 78 valence electrons. The molecule has 1 fully saturated rings. The molecule has 1 heterocycles. The summed E-state index contributed by atoms with van der Waals surface area (Å²) in [5.74, 6) is 0.502. The second-order valence-electron chi connectivity index (χ2n) is 3.78. The van der Waals surface area contributed by atoms with E-state index in [0.717, 1.165) is 6.42 Å². The first-order chi connectivity index (χ1) is 5.99. The number of ether oxygens (including phenoxy) is 1. The van der Waals surface area contributed by atoms with Crippen molar-refractivity contribution in [2.24, 2.45) is 11.7 Å². The summed E-state index contributed by atoms with van der Waals surface area (Å²) >= 11 is 0. The number of nitrogens with two attached hydrogens (primary N) is 1. The molecule has 1 aliphatic rings. The molecule has 4 nitrogen and oxygen atoms in total. The average Bonchev–Trinajstić information content (AvgIpc) is 2.34. The lowest BCUT2D eigenvalue weighted by atomic mass is 10.2. The second kappa shape index (κ2) is 4.39. The van der Waals surface area contributed by atoms with Gasteiger partial charge in [-0.2, -0.15) is 0 Å². The van der Waals surface area contributed by atoms with E-state index in [9.17, 15) is 8.42 Å². The molecule has 0 radical (unpaired) electrons. The Bertz CT molecular complexity index is 242. The van der Waals surface area contributed by atoms with Crippen LogP contribution in [-0.4, -0.2) is 39.2 Å². The number of hydrogen-bond acceptors (Lipinski definition) is 4. The van der Waals surface area contributed by atoms with Crippen LogP contribution in [0.25, 0.3) is 0 Å². The van der Waals surface area contributed by atoms with Gasteiger partial charge in [0.15, 0.2) is 9.84 Å². The van der Waals surface area contributed by atoms with Gasteiger partial charge in [0, 0.05) is 12.6 Å². The normalized spacial score (nSPS) is 26.2. The molecule has 0 bridgehead atoms. The Labute approximate surface area is 79.4 Å². The summed E-state index contributed by atoms with van der Waals surface area (Å²) in [4.78, 5) is 0. The molecule has 5 heteroatoms. The Kier molecular flexibility index (Phi) is 3.70. The number of hydrogen-bond donors (Lipinski definition) is 1. The van der Waals surface area contributed by atoms with E-state index in [1.54, 1.807) is 6.92 Å². The first-order valence-electron chi connectivity index (χ1n) is 4.53. The van der Waals surface area contributed by atoms with Crippen molar-refractivity contribution in [3.8, 4) is 0 Å². The van der Waals surface area contributed by atoms with E-state index in [1.165, 1.54) is 0 Å². The largest absolute Gasteiger partial charge is 0.381 e. The fourth-order valence-electron chi connectivity index (χ4n) is 1.54. The van der Waals surface area contributed by atoms with E-state index < -0.39 is 9.84 Å². The molecule has 1 rings (SSSR count). The van der Waals surface area contributed by atoms with E-state index in [-0.39, 0.29) is 23.5 Å². The molecule has 0 aromatic rings. The lowest BCUT2D eigenvalue weighted by molar-refractivity contribution is 0.188. The van der Waals surface area contributed by atoms with Crippen LogP contribution in [0.2, 0.25) is 0 Å². The minimum atomic E-state index is -2.97. The summed E-state index contributed by atoms with van der Waals surface area (Å²) in [6.45, 7) is 2.99. The van der Waals surface area contributed by atoms with Gasteiger partial charge in [0.25, 0.3) is 0 Å². The van der Waals surface area contributed by atoms with Crippen LogP contribution in [0.3, 0.4) is 0 Å². The maximum absolute atomic E-state index is 11.5. The van der Waals surface area contributed by atoms with Crippen molar-refractivity contribution in [3.63, 3.8) is 0 Å². The van der Waals surface area contributed by atoms with Gasteiger partial charge >= 0.3 is 0 Å². The van der Waals surface area contributed by atoms with Crippen LogP contribution >= 0.6 is 0 Å². The molecular formula is C8H17NO3S. The van der Waals surface area contributed by atoms with E-state index in [1.807, 2.05) is 0 Å². The molecule has 0 amide bonds. The Morgan fingerprint density at radius 1 is 1.62 bits per heavy atom. The van der Waals surface area contributed by atoms with Gasteiger partial charge in [0.1, 0.15) is 0 Å². The van der Waals surface area contributed by atoms with Crippen molar-refractivity contribution in [3.05, 3.63) is 0 Å². The van der Waals surface area contributed by atoms with Crippen LogP contribution in [0.4, 0.5) is 0 Å². The fourth-order valence-corrected chi connectivity index (χ4v) is 3.46. The Hall–Kier alpha value is -0.130. The average molecular weight is 207 g/mol. The highest BCUT2D eigenvalue weighted by Crippen LogP contribution is 2.15. The molecule has 0 saturated carbocycles. The van der Waals surface area contributed by atoms with Crippen molar-refractivity contribution in [1.29, 1.82) is 0 Å². The predicted molar refractivity (Wildman–Crippen MR) is 51.2 cm³/mol. The third kappa shape index (κ3) is 4.06. The quantitative estimate of drug-likeness (QED) is 0.692. The summed E-state index contributed by atoms with van der Waals surface area (Å²) in [6, 6.07) is -0.271. The molecule has 2 atom stereocenters. The third-order valence-electron chi connectivity index (χ3n) is 2.03. The Morgan fingerprint density at radius 2 is 2.31 bits per heavy atom. The van der Waals surface area contributed by atoms with Crippen molar-refractivity contribution in [2.75, 3.05) is 24.7 Å².